The summed E-state index contributed by atoms with van der Waals surface area (Å²) in [7, 11) is 1.42. The number of aromatic nitrogens is 2. The van der Waals surface area contributed by atoms with Gasteiger partial charge >= 0.3 is 5.97 Å². The van der Waals surface area contributed by atoms with Crippen molar-refractivity contribution in [3.05, 3.63) is 72.1 Å². The Morgan fingerprint density at radius 1 is 1.03 bits per heavy atom. The zero-order chi connectivity index (χ0) is 21.5. The number of Topliss-reactive ketones (excluding diaryl/α,β-unsaturated/α-hetero) is 1. The van der Waals surface area contributed by atoms with E-state index in [2.05, 4.69) is 10.4 Å². The van der Waals surface area contributed by atoms with Gasteiger partial charge in [0.05, 0.1) is 19.0 Å². The maximum absolute atomic E-state index is 12.4. The smallest absolute Gasteiger partial charge is 0.363 e. The van der Waals surface area contributed by atoms with Crippen molar-refractivity contribution in [2.45, 2.75) is 13.3 Å². The normalized spacial score (nSPS) is 10.3. The third-order valence-corrected chi connectivity index (χ3v) is 4.26. The molecule has 0 bridgehead atoms. The van der Waals surface area contributed by atoms with Gasteiger partial charge in [-0.25, -0.2) is 9.48 Å². The van der Waals surface area contributed by atoms with E-state index in [4.69, 9.17) is 9.47 Å². The number of methoxy groups -OCH3 is 1. The van der Waals surface area contributed by atoms with E-state index in [-0.39, 0.29) is 23.1 Å². The Bertz CT molecular complexity index is 1040. The Morgan fingerprint density at radius 3 is 2.37 bits per heavy atom. The number of ether oxygens (including phenoxy) is 2. The summed E-state index contributed by atoms with van der Waals surface area (Å²) in [6, 6.07) is 15.6. The molecule has 0 aliphatic heterocycles. The molecule has 1 amide bonds. The van der Waals surface area contributed by atoms with E-state index < -0.39 is 12.6 Å². The number of hydrogen-bond acceptors (Lipinski definition) is 6. The lowest BCUT2D eigenvalue weighted by Crippen LogP contribution is -2.15. The fraction of sp³-hybridized carbons (Fsp3) is 0.182. The van der Waals surface area contributed by atoms with E-state index in [9.17, 15) is 14.4 Å². The topological polar surface area (TPSA) is 99.5 Å². The van der Waals surface area contributed by atoms with Gasteiger partial charge in [-0.3, -0.25) is 9.59 Å². The molecule has 2 aromatic carbocycles. The quantitative estimate of drug-likeness (QED) is 0.454. The van der Waals surface area contributed by atoms with Crippen molar-refractivity contribution in [3.63, 3.8) is 0 Å². The number of esters is 1. The molecule has 0 aliphatic rings. The van der Waals surface area contributed by atoms with Crippen LogP contribution in [0, 0.1) is 0 Å². The van der Waals surface area contributed by atoms with Gasteiger partial charge in [-0.05, 0) is 36.4 Å². The summed E-state index contributed by atoms with van der Waals surface area (Å²) in [5.41, 5.74) is 1.68. The zero-order valence-electron chi connectivity index (χ0n) is 16.6. The minimum Gasteiger partial charge on any atom is -0.493 e. The molecule has 1 aromatic heterocycles. The second-order valence-corrected chi connectivity index (χ2v) is 6.30. The first-order chi connectivity index (χ1) is 14.5. The van der Waals surface area contributed by atoms with Crippen LogP contribution in [0.3, 0.4) is 0 Å². The minimum absolute atomic E-state index is 0.0215. The number of para-hydroxylation sites is 1. The molecule has 0 radical (unpaired) electrons. The summed E-state index contributed by atoms with van der Waals surface area (Å²) in [5.74, 6) is -1.01. The second kappa shape index (κ2) is 9.51. The summed E-state index contributed by atoms with van der Waals surface area (Å²) in [5, 5.41) is 6.91. The molecule has 0 fully saturated rings. The highest BCUT2D eigenvalue weighted by atomic mass is 16.5. The van der Waals surface area contributed by atoms with Gasteiger partial charge in [0.2, 0.25) is 11.6 Å². The Morgan fingerprint density at radius 2 is 1.73 bits per heavy atom. The van der Waals surface area contributed by atoms with Crippen LogP contribution in [0.15, 0.2) is 60.8 Å². The molecule has 3 aromatic rings. The Balaban J connectivity index is 1.64. The highest BCUT2D eigenvalue weighted by Gasteiger charge is 2.21. The van der Waals surface area contributed by atoms with E-state index in [1.54, 1.807) is 37.4 Å². The molecular weight excluding hydrogens is 386 g/mol. The van der Waals surface area contributed by atoms with Gasteiger partial charge in [-0.2, -0.15) is 5.10 Å². The largest absolute Gasteiger partial charge is 0.493 e. The van der Waals surface area contributed by atoms with E-state index in [1.807, 2.05) is 30.3 Å². The molecule has 0 unspecified atom stereocenters. The van der Waals surface area contributed by atoms with E-state index in [1.165, 1.54) is 11.8 Å². The first-order valence-corrected chi connectivity index (χ1v) is 9.31. The van der Waals surface area contributed by atoms with Crippen LogP contribution < -0.4 is 10.1 Å². The van der Waals surface area contributed by atoms with Crippen molar-refractivity contribution in [2.75, 3.05) is 19.0 Å². The first kappa shape index (κ1) is 20.8. The number of benzene rings is 2. The number of ketones is 1. The number of nitrogens with zero attached hydrogens (tertiary/aromatic N) is 2. The molecule has 8 heteroatoms. The predicted molar refractivity (Wildman–Crippen MR) is 110 cm³/mol. The maximum Gasteiger partial charge on any atom is 0.363 e. The lowest BCUT2D eigenvalue weighted by Gasteiger charge is -2.06. The number of nitrogens with one attached hydrogen (secondary N) is 1. The monoisotopic (exact) mass is 407 g/mol. The number of carbonyl (C=O) groups is 3. The Hall–Kier alpha value is -3.94. The Labute approximate surface area is 173 Å². The molecule has 0 aliphatic carbocycles. The molecule has 0 spiro atoms. The van der Waals surface area contributed by atoms with Gasteiger partial charge in [0.1, 0.15) is 0 Å². The molecule has 30 heavy (non-hydrogen) atoms. The molecule has 3 rings (SSSR count). The van der Waals surface area contributed by atoms with Gasteiger partial charge < -0.3 is 14.8 Å². The third kappa shape index (κ3) is 4.91. The summed E-state index contributed by atoms with van der Waals surface area (Å²) in [6.45, 7) is 1.31. The fourth-order valence-electron chi connectivity index (χ4n) is 2.63. The molecular formula is C22H21N3O5. The van der Waals surface area contributed by atoms with E-state index in [0.717, 1.165) is 5.69 Å². The number of anilines is 1. The molecule has 8 nitrogen and oxygen atoms in total. The summed E-state index contributed by atoms with van der Waals surface area (Å²) >= 11 is 0. The fourth-order valence-corrected chi connectivity index (χ4v) is 2.63. The maximum atomic E-state index is 12.4. The number of hydrogen-bond donors (Lipinski definition) is 1. The standard InChI is InChI=1S/C22H21N3O5/c1-3-20(27)23-16-11-9-15(10-12-16)18(26)14-30-22(28)21-19(29-2)13-25(24-21)17-7-5-4-6-8-17/h4-13H,3,14H2,1-2H3,(H,23,27). The Kier molecular flexibility index (Phi) is 6.59. The number of rotatable bonds is 8. The van der Waals surface area contributed by atoms with E-state index >= 15 is 0 Å². The molecule has 0 saturated heterocycles. The van der Waals surface area contributed by atoms with Crippen molar-refractivity contribution >= 4 is 23.3 Å². The lowest BCUT2D eigenvalue weighted by atomic mass is 10.1. The van der Waals surface area contributed by atoms with Gasteiger partial charge in [0.25, 0.3) is 0 Å². The van der Waals surface area contributed by atoms with Crippen LogP contribution in [-0.2, 0) is 9.53 Å². The second-order valence-electron chi connectivity index (χ2n) is 6.30. The molecule has 154 valence electrons. The van der Waals surface area contributed by atoms with Crippen LogP contribution in [0.2, 0.25) is 0 Å². The van der Waals surface area contributed by atoms with Crippen LogP contribution in [0.25, 0.3) is 5.69 Å². The molecule has 0 atom stereocenters. The number of carbonyl (C=O) groups excluding carboxylic acids is 3. The van der Waals surface area contributed by atoms with Gasteiger partial charge in [-0.15, -0.1) is 0 Å². The van der Waals surface area contributed by atoms with Gasteiger partial charge in [0, 0.05) is 17.7 Å². The highest BCUT2D eigenvalue weighted by Crippen LogP contribution is 2.20. The van der Waals surface area contributed by atoms with Crippen molar-refractivity contribution in [2.24, 2.45) is 0 Å². The van der Waals surface area contributed by atoms with Crippen molar-refractivity contribution in [3.8, 4) is 11.4 Å². The van der Waals surface area contributed by atoms with Crippen LogP contribution in [0.1, 0.15) is 34.2 Å². The van der Waals surface area contributed by atoms with Crippen molar-refractivity contribution < 1.29 is 23.9 Å². The van der Waals surface area contributed by atoms with Gasteiger partial charge in [-0.1, -0.05) is 25.1 Å². The SMILES string of the molecule is CCC(=O)Nc1ccc(C(=O)COC(=O)c2nn(-c3ccccc3)cc2OC)cc1. The number of amides is 1. The third-order valence-electron chi connectivity index (χ3n) is 4.26. The van der Waals surface area contributed by atoms with Gasteiger partial charge in [0.15, 0.2) is 18.1 Å². The van der Waals surface area contributed by atoms with Crippen LogP contribution in [0.5, 0.6) is 5.75 Å². The molecule has 0 saturated carbocycles. The van der Waals surface area contributed by atoms with Crippen molar-refractivity contribution in [1.29, 1.82) is 0 Å². The lowest BCUT2D eigenvalue weighted by molar-refractivity contribution is -0.115. The first-order valence-electron chi connectivity index (χ1n) is 9.31. The highest BCUT2D eigenvalue weighted by molar-refractivity contribution is 6.00. The van der Waals surface area contributed by atoms with E-state index in [0.29, 0.717) is 17.7 Å². The zero-order valence-corrected chi connectivity index (χ0v) is 16.6. The van der Waals surface area contributed by atoms with Crippen LogP contribution in [0.4, 0.5) is 5.69 Å². The summed E-state index contributed by atoms with van der Waals surface area (Å²) in [4.78, 5) is 36.2. The average molecular weight is 407 g/mol. The van der Waals surface area contributed by atoms with Crippen LogP contribution in [-0.4, -0.2) is 41.2 Å². The average Bonchev–Trinajstić information content (AvgIpc) is 3.23. The molecule has 1 N–H and O–H groups in total. The summed E-state index contributed by atoms with van der Waals surface area (Å²) in [6.07, 6.45) is 1.93. The van der Waals surface area contributed by atoms with Crippen LogP contribution >= 0.6 is 0 Å². The summed E-state index contributed by atoms with van der Waals surface area (Å²) < 4.78 is 11.8. The van der Waals surface area contributed by atoms with Crippen molar-refractivity contribution in [1.82, 2.24) is 9.78 Å². The molecule has 1 heterocycles. The minimum atomic E-state index is -0.762. The predicted octanol–water partition coefficient (Wildman–Crippen LogP) is 3.27.